The van der Waals surface area contributed by atoms with E-state index >= 15 is 0 Å². The van der Waals surface area contributed by atoms with E-state index in [0.717, 1.165) is 0 Å². The minimum atomic E-state index is -0.980. The number of thioether (sulfide) groups is 1. The number of carboxylic acid groups (broad SMARTS) is 1. The second kappa shape index (κ2) is 8.96. The Bertz CT molecular complexity index is 173. The van der Waals surface area contributed by atoms with Gasteiger partial charge in [-0.2, -0.15) is 11.8 Å². The molecule has 15 heavy (non-hydrogen) atoms. The van der Waals surface area contributed by atoms with Gasteiger partial charge in [-0.05, 0) is 13.8 Å². The van der Waals surface area contributed by atoms with Crippen molar-refractivity contribution >= 4 is 17.7 Å². The minimum Gasteiger partial charge on any atom is -0.480 e. The van der Waals surface area contributed by atoms with Gasteiger partial charge in [0.25, 0.3) is 0 Å². The van der Waals surface area contributed by atoms with E-state index < -0.39 is 12.0 Å². The van der Waals surface area contributed by atoms with E-state index in [1.165, 1.54) is 11.8 Å². The predicted molar refractivity (Wildman–Crippen MR) is 60.0 cm³/mol. The van der Waals surface area contributed by atoms with Crippen molar-refractivity contribution in [2.24, 2.45) is 5.73 Å². The Labute approximate surface area is 94.3 Å². The molecule has 0 saturated carbocycles. The van der Waals surface area contributed by atoms with E-state index in [1.807, 2.05) is 13.8 Å². The number of carboxylic acids is 1. The van der Waals surface area contributed by atoms with Gasteiger partial charge in [0.05, 0.1) is 0 Å². The predicted octanol–water partition coefficient (Wildman–Crippen LogP) is 0.531. The molecule has 0 fully saturated rings. The summed E-state index contributed by atoms with van der Waals surface area (Å²) in [5.74, 6) is -0.0128. The zero-order valence-electron chi connectivity index (χ0n) is 9.14. The van der Waals surface area contributed by atoms with Crippen LogP contribution in [0.3, 0.4) is 0 Å². The molecular formula is C9H19NO4S. The summed E-state index contributed by atoms with van der Waals surface area (Å²) in [7, 11) is 0. The van der Waals surface area contributed by atoms with Crippen LogP contribution in [0.15, 0.2) is 0 Å². The molecular weight excluding hydrogens is 218 g/mol. The fourth-order valence-corrected chi connectivity index (χ4v) is 1.80. The fourth-order valence-electron chi connectivity index (χ4n) is 0.879. The van der Waals surface area contributed by atoms with Gasteiger partial charge in [0.2, 0.25) is 0 Å². The van der Waals surface area contributed by atoms with Crippen molar-refractivity contribution < 1.29 is 19.4 Å². The van der Waals surface area contributed by atoms with Gasteiger partial charge in [-0.15, -0.1) is 0 Å². The Balaban J connectivity index is 3.64. The van der Waals surface area contributed by atoms with Crippen molar-refractivity contribution in [3.8, 4) is 0 Å². The Morgan fingerprint density at radius 3 is 2.27 bits per heavy atom. The first-order valence-electron chi connectivity index (χ1n) is 4.91. The van der Waals surface area contributed by atoms with Gasteiger partial charge >= 0.3 is 5.97 Å². The molecule has 5 nitrogen and oxygen atoms in total. The third kappa shape index (κ3) is 7.61. The molecule has 0 aliphatic carbocycles. The quantitative estimate of drug-likeness (QED) is 0.569. The van der Waals surface area contributed by atoms with Crippen molar-refractivity contribution in [1.82, 2.24) is 0 Å². The van der Waals surface area contributed by atoms with Crippen LogP contribution in [0.5, 0.6) is 0 Å². The van der Waals surface area contributed by atoms with Gasteiger partial charge in [-0.3, -0.25) is 4.79 Å². The lowest BCUT2D eigenvalue weighted by Gasteiger charge is -2.16. The van der Waals surface area contributed by atoms with E-state index in [1.54, 1.807) is 0 Å². The van der Waals surface area contributed by atoms with E-state index in [-0.39, 0.29) is 6.29 Å². The summed E-state index contributed by atoms with van der Waals surface area (Å²) in [6, 6.07) is -0.820. The summed E-state index contributed by atoms with van der Waals surface area (Å²) in [5.41, 5.74) is 5.35. The highest BCUT2D eigenvalue weighted by atomic mass is 32.2. The van der Waals surface area contributed by atoms with Crippen LogP contribution >= 0.6 is 11.8 Å². The van der Waals surface area contributed by atoms with Crippen LogP contribution in [0.1, 0.15) is 13.8 Å². The Hall–Kier alpha value is -0.300. The molecule has 0 radical (unpaired) electrons. The summed E-state index contributed by atoms with van der Waals surface area (Å²) in [4.78, 5) is 10.4. The van der Waals surface area contributed by atoms with Crippen molar-refractivity contribution in [2.45, 2.75) is 26.2 Å². The van der Waals surface area contributed by atoms with Crippen LogP contribution < -0.4 is 5.73 Å². The zero-order chi connectivity index (χ0) is 11.7. The van der Waals surface area contributed by atoms with Crippen LogP contribution in [-0.4, -0.2) is 48.1 Å². The molecule has 0 spiro atoms. The first kappa shape index (κ1) is 14.7. The van der Waals surface area contributed by atoms with Gasteiger partial charge < -0.3 is 20.3 Å². The molecule has 90 valence electrons. The van der Waals surface area contributed by atoms with Crippen molar-refractivity contribution in [2.75, 3.05) is 24.7 Å². The van der Waals surface area contributed by atoms with Gasteiger partial charge in [-0.25, -0.2) is 0 Å². The van der Waals surface area contributed by atoms with Gasteiger partial charge in [0.15, 0.2) is 6.29 Å². The van der Waals surface area contributed by atoms with Crippen LogP contribution in [-0.2, 0) is 14.3 Å². The zero-order valence-corrected chi connectivity index (χ0v) is 9.96. The molecule has 3 N–H and O–H groups in total. The third-order valence-corrected chi connectivity index (χ3v) is 2.68. The first-order chi connectivity index (χ1) is 7.11. The SMILES string of the molecule is CCOC(CSCC(N)C(=O)O)OCC. The van der Waals surface area contributed by atoms with Crippen LogP contribution in [0.4, 0.5) is 0 Å². The van der Waals surface area contributed by atoms with Crippen molar-refractivity contribution in [3.05, 3.63) is 0 Å². The standard InChI is InChI=1S/C9H19NO4S/c1-3-13-8(14-4-2)6-15-5-7(10)9(11)12/h7-8H,3-6,10H2,1-2H3,(H,11,12). The van der Waals surface area contributed by atoms with E-state index in [9.17, 15) is 4.79 Å². The maximum absolute atomic E-state index is 10.4. The molecule has 0 aliphatic rings. The normalized spacial score (nSPS) is 13.1. The Morgan fingerprint density at radius 1 is 1.33 bits per heavy atom. The summed E-state index contributed by atoms with van der Waals surface area (Å²) in [6.45, 7) is 4.94. The number of hydrogen-bond donors (Lipinski definition) is 2. The summed E-state index contributed by atoms with van der Waals surface area (Å²) >= 11 is 1.42. The summed E-state index contributed by atoms with van der Waals surface area (Å²) < 4.78 is 10.6. The molecule has 0 bridgehead atoms. The summed E-state index contributed by atoms with van der Waals surface area (Å²) in [5, 5.41) is 8.55. The largest absolute Gasteiger partial charge is 0.480 e. The maximum atomic E-state index is 10.4. The number of hydrogen-bond acceptors (Lipinski definition) is 5. The van der Waals surface area contributed by atoms with Crippen LogP contribution in [0.2, 0.25) is 0 Å². The van der Waals surface area contributed by atoms with Crippen molar-refractivity contribution in [3.63, 3.8) is 0 Å². The average Bonchev–Trinajstić information content (AvgIpc) is 2.18. The molecule has 1 atom stereocenters. The average molecular weight is 237 g/mol. The molecule has 0 aromatic carbocycles. The second-order valence-corrected chi connectivity index (χ2v) is 3.90. The second-order valence-electron chi connectivity index (χ2n) is 2.82. The third-order valence-electron chi connectivity index (χ3n) is 1.57. The number of carbonyl (C=O) groups is 1. The molecule has 1 unspecified atom stereocenters. The van der Waals surface area contributed by atoms with E-state index in [4.69, 9.17) is 20.3 Å². The number of aliphatic carboxylic acids is 1. The highest BCUT2D eigenvalue weighted by molar-refractivity contribution is 7.99. The minimum absolute atomic E-state index is 0.272. The highest BCUT2D eigenvalue weighted by Gasteiger charge is 2.13. The topological polar surface area (TPSA) is 81.8 Å². The van der Waals surface area contributed by atoms with Crippen LogP contribution in [0, 0.1) is 0 Å². The lowest BCUT2D eigenvalue weighted by molar-refractivity contribution is -0.138. The van der Waals surface area contributed by atoms with Crippen LogP contribution in [0.25, 0.3) is 0 Å². The molecule has 0 rings (SSSR count). The number of nitrogens with two attached hydrogens (primary N) is 1. The van der Waals surface area contributed by atoms with E-state index in [0.29, 0.717) is 24.7 Å². The molecule has 0 aromatic rings. The maximum Gasteiger partial charge on any atom is 0.321 e. The van der Waals surface area contributed by atoms with Gasteiger partial charge in [0.1, 0.15) is 6.04 Å². The van der Waals surface area contributed by atoms with E-state index in [2.05, 4.69) is 0 Å². The molecule has 0 heterocycles. The Kier molecular flexibility index (Phi) is 8.79. The van der Waals surface area contributed by atoms with Gasteiger partial charge in [-0.1, -0.05) is 0 Å². The first-order valence-corrected chi connectivity index (χ1v) is 6.06. The Morgan fingerprint density at radius 2 is 1.87 bits per heavy atom. The smallest absolute Gasteiger partial charge is 0.321 e. The lowest BCUT2D eigenvalue weighted by atomic mass is 10.4. The number of ether oxygens (including phenoxy) is 2. The number of rotatable bonds is 9. The molecule has 0 saturated heterocycles. The van der Waals surface area contributed by atoms with Gasteiger partial charge in [0, 0.05) is 24.7 Å². The summed E-state index contributed by atoms with van der Waals surface area (Å²) in [6.07, 6.45) is -0.272. The molecule has 0 aromatic heterocycles. The van der Waals surface area contributed by atoms with Crippen molar-refractivity contribution in [1.29, 1.82) is 0 Å². The molecule has 6 heteroatoms. The molecule has 0 aliphatic heterocycles. The monoisotopic (exact) mass is 237 g/mol. The fraction of sp³-hybridized carbons (Fsp3) is 0.889. The lowest BCUT2D eigenvalue weighted by Crippen LogP contribution is -2.33. The molecule has 0 amide bonds. The highest BCUT2D eigenvalue weighted by Crippen LogP contribution is 2.08.